The summed E-state index contributed by atoms with van der Waals surface area (Å²) in [5.74, 6) is 2.55. The summed E-state index contributed by atoms with van der Waals surface area (Å²) in [6.45, 7) is 3.69. The molecule has 2 aromatic rings. The molecule has 0 bridgehead atoms. The summed E-state index contributed by atoms with van der Waals surface area (Å²) in [6, 6.07) is 4.62. The molecule has 0 spiro atoms. The molecule has 1 saturated heterocycles. The number of carbonyl (C=O) groups excluding carboxylic acids is 1. The number of methoxy groups -OCH3 is 3. The van der Waals surface area contributed by atoms with Gasteiger partial charge in [-0.1, -0.05) is 0 Å². The minimum Gasteiger partial charge on any atom is -0.493 e. The van der Waals surface area contributed by atoms with Crippen molar-refractivity contribution in [3.8, 4) is 17.2 Å². The smallest absolute Gasteiger partial charge is 0.324 e. The van der Waals surface area contributed by atoms with Gasteiger partial charge < -0.3 is 29.3 Å². The molecule has 1 fully saturated rings. The lowest BCUT2D eigenvalue weighted by Crippen LogP contribution is -2.44. The van der Waals surface area contributed by atoms with Gasteiger partial charge in [-0.05, 0) is 7.05 Å². The Morgan fingerprint density at radius 3 is 2.17 bits per heavy atom. The lowest BCUT2D eigenvalue weighted by Gasteiger charge is -2.33. The summed E-state index contributed by atoms with van der Waals surface area (Å²) >= 11 is 0. The first-order valence-corrected chi connectivity index (χ1v) is 9.17. The highest BCUT2D eigenvalue weighted by Crippen LogP contribution is 2.39. The second-order valence-corrected chi connectivity index (χ2v) is 6.54. The molecule has 2 heterocycles. The van der Waals surface area contributed by atoms with Crippen LogP contribution in [0.5, 0.6) is 17.2 Å². The summed E-state index contributed by atoms with van der Waals surface area (Å²) < 4.78 is 15.9. The van der Waals surface area contributed by atoms with E-state index in [1.54, 1.807) is 18.2 Å². The molecular weight excluding hydrogens is 376 g/mol. The third kappa shape index (κ3) is 4.96. The number of benzene rings is 1. The molecule has 1 aromatic carbocycles. The average molecular weight is 402 g/mol. The number of piperazine rings is 1. The van der Waals surface area contributed by atoms with Crippen molar-refractivity contribution >= 4 is 23.4 Å². The maximum atomic E-state index is 12.5. The van der Waals surface area contributed by atoms with Crippen molar-refractivity contribution in [1.29, 1.82) is 0 Å². The Hall–Kier alpha value is -3.27. The van der Waals surface area contributed by atoms with Crippen LogP contribution in [-0.2, 0) is 0 Å². The van der Waals surface area contributed by atoms with Gasteiger partial charge in [-0.25, -0.2) is 14.8 Å². The van der Waals surface area contributed by atoms with Crippen molar-refractivity contribution in [3.05, 3.63) is 24.5 Å². The first-order chi connectivity index (χ1) is 14.0. The number of carbonyl (C=O) groups is 1. The molecule has 0 aliphatic carbocycles. The summed E-state index contributed by atoms with van der Waals surface area (Å²) in [4.78, 5) is 25.3. The molecule has 1 aliphatic heterocycles. The van der Waals surface area contributed by atoms with Crippen molar-refractivity contribution in [1.82, 2.24) is 14.9 Å². The van der Waals surface area contributed by atoms with Gasteiger partial charge in [-0.3, -0.25) is 5.32 Å². The number of rotatable bonds is 6. The highest BCUT2D eigenvalue weighted by atomic mass is 16.5. The molecule has 0 atom stereocenters. The van der Waals surface area contributed by atoms with Gasteiger partial charge in [0.15, 0.2) is 11.5 Å². The fourth-order valence-corrected chi connectivity index (χ4v) is 3.06. The van der Waals surface area contributed by atoms with Gasteiger partial charge in [-0.2, -0.15) is 0 Å². The topological polar surface area (TPSA) is 101 Å². The highest BCUT2D eigenvalue weighted by molar-refractivity contribution is 5.99. The lowest BCUT2D eigenvalue weighted by atomic mass is 10.2. The number of amides is 2. The normalized spacial score (nSPS) is 14.3. The van der Waals surface area contributed by atoms with Crippen LogP contribution in [0.25, 0.3) is 0 Å². The van der Waals surface area contributed by atoms with Gasteiger partial charge in [0.25, 0.3) is 0 Å². The molecule has 2 N–H and O–H groups in total. The Balaban J connectivity index is 1.69. The molecule has 1 aromatic heterocycles. The van der Waals surface area contributed by atoms with Crippen LogP contribution in [0.1, 0.15) is 0 Å². The van der Waals surface area contributed by atoms with E-state index >= 15 is 0 Å². The number of nitrogens with one attached hydrogen (secondary N) is 2. The number of hydrogen-bond donors (Lipinski definition) is 2. The first-order valence-electron chi connectivity index (χ1n) is 9.17. The van der Waals surface area contributed by atoms with Crippen molar-refractivity contribution in [3.63, 3.8) is 0 Å². The Bertz CT molecular complexity index is 829. The quantitative estimate of drug-likeness (QED) is 0.756. The van der Waals surface area contributed by atoms with E-state index in [1.807, 2.05) is 0 Å². The highest BCUT2D eigenvalue weighted by Gasteiger charge is 2.17. The molecule has 2 amide bonds. The number of ether oxygens (including phenoxy) is 3. The van der Waals surface area contributed by atoms with E-state index in [1.165, 1.54) is 27.7 Å². The maximum Gasteiger partial charge on any atom is 0.324 e. The monoisotopic (exact) mass is 402 g/mol. The molecule has 0 unspecified atom stereocenters. The van der Waals surface area contributed by atoms with Gasteiger partial charge in [-0.15, -0.1) is 0 Å². The van der Waals surface area contributed by atoms with E-state index < -0.39 is 6.03 Å². The Morgan fingerprint density at radius 2 is 1.59 bits per heavy atom. The van der Waals surface area contributed by atoms with Crippen LogP contribution in [0.3, 0.4) is 0 Å². The zero-order valence-corrected chi connectivity index (χ0v) is 17.1. The summed E-state index contributed by atoms with van der Waals surface area (Å²) in [5.41, 5.74) is 0.491. The van der Waals surface area contributed by atoms with E-state index in [-0.39, 0.29) is 0 Å². The van der Waals surface area contributed by atoms with Gasteiger partial charge in [0.2, 0.25) is 5.75 Å². The third-order valence-electron chi connectivity index (χ3n) is 4.64. The van der Waals surface area contributed by atoms with Crippen molar-refractivity contribution in [2.45, 2.75) is 0 Å². The van der Waals surface area contributed by atoms with E-state index in [0.717, 1.165) is 32.0 Å². The zero-order chi connectivity index (χ0) is 20.8. The van der Waals surface area contributed by atoms with Crippen LogP contribution in [0.15, 0.2) is 24.5 Å². The molecule has 29 heavy (non-hydrogen) atoms. The number of aromatic nitrogens is 2. The molecular formula is C19H26N6O4. The molecule has 0 saturated carbocycles. The van der Waals surface area contributed by atoms with Crippen LogP contribution >= 0.6 is 0 Å². The zero-order valence-electron chi connectivity index (χ0n) is 17.1. The predicted octanol–water partition coefficient (Wildman–Crippen LogP) is 1.90. The van der Waals surface area contributed by atoms with Gasteiger partial charge >= 0.3 is 6.03 Å². The van der Waals surface area contributed by atoms with Gasteiger partial charge in [0.1, 0.15) is 18.0 Å². The van der Waals surface area contributed by atoms with Crippen LogP contribution in [-0.4, -0.2) is 75.5 Å². The summed E-state index contributed by atoms with van der Waals surface area (Å²) in [7, 11) is 6.65. The van der Waals surface area contributed by atoms with Crippen LogP contribution in [0.4, 0.5) is 22.1 Å². The predicted molar refractivity (Wildman–Crippen MR) is 110 cm³/mol. The standard InChI is InChI=1S/C19H26N6O4/c1-24-5-7-25(8-6-24)17-11-16(20-12-21-17)23-19(26)22-13-9-14(27-2)18(29-4)15(10-13)28-3/h9-12H,5-8H2,1-4H3,(H2,20,21,22,23,26). The minimum atomic E-state index is -0.442. The van der Waals surface area contributed by atoms with Crippen LogP contribution < -0.4 is 29.7 Å². The van der Waals surface area contributed by atoms with E-state index in [9.17, 15) is 4.79 Å². The number of anilines is 3. The first kappa shape index (κ1) is 20.5. The van der Waals surface area contributed by atoms with Crippen LogP contribution in [0.2, 0.25) is 0 Å². The largest absolute Gasteiger partial charge is 0.493 e. The molecule has 10 heteroatoms. The molecule has 3 rings (SSSR count). The minimum absolute atomic E-state index is 0.416. The molecule has 1 aliphatic rings. The summed E-state index contributed by atoms with van der Waals surface area (Å²) in [6.07, 6.45) is 1.45. The Kier molecular flexibility index (Phi) is 6.55. The van der Waals surface area contributed by atoms with E-state index in [4.69, 9.17) is 14.2 Å². The SMILES string of the molecule is COc1cc(NC(=O)Nc2cc(N3CCN(C)CC3)ncn2)cc(OC)c1OC. The summed E-state index contributed by atoms with van der Waals surface area (Å²) in [5, 5.41) is 5.48. The van der Waals surface area contributed by atoms with Crippen LogP contribution in [0, 0.1) is 0 Å². The second-order valence-electron chi connectivity index (χ2n) is 6.54. The third-order valence-corrected chi connectivity index (χ3v) is 4.64. The molecule has 156 valence electrons. The lowest BCUT2D eigenvalue weighted by molar-refractivity contribution is 0.262. The number of likely N-dealkylation sites (N-methyl/N-ethyl adjacent to an activating group) is 1. The van der Waals surface area contributed by atoms with Gasteiger partial charge in [0.05, 0.1) is 27.0 Å². The fraction of sp³-hybridized carbons (Fsp3) is 0.421. The van der Waals surface area contributed by atoms with Crippen molar-refractivity contribution < 1.29 is 19.0 Å². The van der Waals surface area contributed by atoms with Crippen molar-refractivity contribution in [2.75, 3.05) is 70.1 Å². The number of urea groups is 1. The van der Waals surface area contributed by atoms with Crippen molar-refractivity contribution in [2.24, 2.45) is 0 Å². The average Bonchev–Trinajstić information content (AvgIpc) is 2.73. The van der Waals surface area contributed by atoms with E-state index in [0.29, 0.717) is 28.8 Å². The molecule has 10 nitrogen and oxygen atoms in total. The molecule has 0 radical (unpaired) electrons. The fourth-order valence-electron chi connectivity index (χ4n) is 3.06. The Morgan fingerprint density at radius 1 is 0.931 bits per heavy atom. The Labute approximate surface area is 169 Å². The second kappa shape index (κ2) is 9.28. The van der Waals surface area contributed by atoms with Gasteiger partial charge in [0, 0.05) is 44.4 Å². The number of nitrogens with zero attached hydrogens (tertiary/aromatic N) is 4. The van der Waals surface area contributed by atoms with E-state index in [2.05, 4.69) is 37.4 Å². The number of hydrogen-bond acceptors (Lipinski definition) is 8. The maximum absolute atomic E-state index is 12.5.